The molecule has 0 aliphatic carbocycles. The van der Waals surface area contributed by atoms with Crippen LogP contribution in [0, 0.1) is 0 Å². The summed E-state index contributed by atoms with van der Waals surface area (Å²) in [6.07, 6.45) is 2.37. The molecule has 182 valence electrons. The Hall–Kier alpha value is -4.00. The lowest BCUT2D eigenvalue weighted by Gasteiger charge is -2.38. The van der Waals surface area contributed by atoms with Gasteiger partial charge in [-0.1, -0.05) is 11.6 Å². The number of pyridine rings is 1. The van der Waals surface area contributed by atoms with Crippen LogP contribution < -0.4 is 10.2 Å². The van der Waals surface area contributed by atoms with E-state index in [0.29, 0.717) is 18.1 Å². The molecule has 14 heteroatoms. The van der Waals surface area contributed by atoms with Gasteiger partial charge >= 0.3 is 12.1 Å². The predicted octanol–water partition coefficient (Wildman–Crippen LogP) is 0.490. The molecule has 2 aromatic rings. The summed E-state index contributed by atoms with van der Waals surface area (Å²) in [5.74, 6) is -0.458. The quantitative estimate of drug-likeness (QED) is 0.628. The summed E-state index contributed by atoms with van der Waals surface area (Å²) in [5, 5.41) is 3.07. The zero-order valence-electron chi connectivity index (χ0n) is 18.5. The number of anilines is 1. The summed E-state index contributed by atoms with van der Waals surface area (Å²) in [5.41, 5.74) is 0.280. The van der Waals surface area contributed by atoms with Crippen molar-refractivity contribution >= 4 is 41.4 Å². The number of urea groups is 1. The van der Waals surface area contributed by atoms with Gasteiger partial charge in [0.2, 0.25) is 12.1 Å². The average Bonchev–Trinajstić information content (AvgIpc) is 3.15. The first-order chi connectivity index (χ1) is 16.9. The van der Waals surface area contributed by atoms with Gasteiger partial charge in [-0.25, -0.2) is 24.5 Å². The first kappa shape index (κ1) is 22.8. The van der Waals surface area contributed by atoms with E-state index in [1.807, 2.05) is 0 Å². The van der Waals surface area contributed by atoms with Crippen molar-refractivity contribution in [1.29, 1.82) is 0 Å². The van der Waals surface area contributed by atoms with Crippen LogP contribution in [0.1, 0.15) is 22.4 Å². The molecule has 3 aliphatic rings. The molecular formula is C21H21ClN8O5. The molecular weight excluding hydrogens is 480 g/mol. The number of amides is 5. The van der Waals surface area contributed by atoms with Crippen molar-refractivity contribution in [2.45, 2.75) is 6.23 Å². The lowest BCUT2D eigenvalue weighted by atomic mass is 10.3. The first-order valence-electron chi connectivity index (χ1n) is 10.9. The molecule has 0 saturated carbocycles. The molecule has 0 unspecified atom stereocenters. The zero-order chi connectivity index (χ0) is 24.5. The Labute approximate surface area is 204 Å². The van der Waals surface area contributed by atoms with E-state index in [4.69, 9.17) is 16.3 Å². The van der Waals surface area contributed by atoms with E-state index in [9.17, 15) is 19.2 Å². The number of ether oxygens (including phenoxy) is 1. The maximum absolute atomic E-state index is 13.0. The highest BCUT2D eigenvalue weighted by molar-refractivity contribution is 6.30. The van der Waals surface area contributed by atoms with E-state index in [-0.39, 0.29) is 61.9 Å². The Morgan fingerprint density at radius 3 is 2.43 bits per heavy atom. The van der Waals surface area contributed by atoms with Gasteiger partial charge in [0.1, 0.15) is 18.1 Å². The number of aromatic nitrogens is 3. The second-order valence-corrected chi connectivity index (χ2v) is 8.50. The fourth-order valence-electron chi connectivity index (χ4n) is 4.13. The lowest BCUT2D eigenvalue weighted by molar-refractivity contribution is -0.123. The smallest absolute Gasteiger partial charge is 0.412 e. The van der Waals surface area contributed by atoms with Crippen LogP contribution in [0.4, 0.5) is 15.4 Å². The Balaban J connectivity index is 1.27. The monoisotopic (exact) mass is 500 g/mol. The first-order valence-corrected chi connectivity index (χ1v) is 11.3. The van der Waals surface area contributed by atoms with Gasteiger partial charge in [0.25, 0.3) is 5.91 Å². The van der Waals surface area contributed by atoms with Crippen molar-refractivity contribution < 1.29 is 23.9 Å². The van der Waals surface area contributed by atoms with Gasteiger partial charge < -0.3 is 24.8 Å². The predicted molar refractivity (Wildman–Crippen MR) is 120 cm³/mol. The standard InChI is InChI=1S/C21H21ClN8O5/c22-13-1-2-14(26-11-13)30-18(32)16-17(25-4-3-24-16)19(30)35-21(34)28-9-7-27(8-10-28)20(33)29-6-5-23-15(31)12-29/h1-4,11,19H,5-10,12H2,(H,23,31)/t19-/m1/s1. The zero-order valence-corrected chi connectivity index (χ0v) is 19.2. The Kier molecular flexibility index (Phi) is 6.07. The minimum Gasteiger partial charge on any atom is -0.419 e. The van der Waals surface area contributed by atoms with Crippen molar-refractivity contribution in [3.05, 3.63) is 47.1 Å². The summed E-state index contributed by atoms with van der Waals surface area (Å²) in [6, 6.07) is 2.87. The molecule has 0 radical (unpaired) electrons. The van der Waals surface area contributed by atoms with E-state index >= 15 is 0 Å². The highest BCUT2D eigenvalue weighted by atomic mass is 35.5. The average molecular weight is 501 g/mol. The molecule has 5 amide bonds. The molecule has 0 bridgehead atoms. The number of hydrogen-bond acceptors (Lipinski definition) is 8. The normalized spacial score (nSPS) is 20.0. The fourth-order valence-corrected chi connectivity index (χ4v) is 4.24. The summed E-state index contributed by atoms with van der Waals surface area (Å²) >= 11 is 5.92. The summed E-state index contributed by atoms with van der Waals surface area (Å²) in [7, 11) is 0. The molecule has 5 rings (SSSR count). The van der Waals surface area contributed by atoms with E-state index < -0.39 is 18.2 Å². The van der Waals surface area contributed by atoms with E-state index in [0.717, 1.165) is 0 Å². The molecule has 13 nitrogen and oxygen atoms in total. The number of nitrogens with one attached hydrogen (secondary N) is 1. The molecule has 1 atom stereocenters. The van der Waals surface area contributed by atoms with Gasteiger partial charge in [-0.2, -0.15) is 0 Å². The third-order valence-electron chi connectivity index (χ3n) is 5.90. The number of piperazine rings is 2. The molecule has 35 heavy (non-hydrogen) atoms. The number of carbonyl (C=O) groups is 4. The van der Waals surface area contributed by atoms with Gasteiger partial charge in [-0.05, 0) is 12.1 Å². The maximum atomic E-state index is 13.0. The van der Waals surface area contributed by atoms with Crippen molar-refractivity contribution in [2.75, 3.05) is 50.7 Å². The van der Waals surface area contributed by atoms with Crippen LogP contribution in [-0.2, 0) is 9.53 Å². The van der Waals surface area contributed by atoms with Crippen LogP contribution in [-0.4, -0.2) is 99.4 Å². The Morgan fingerprint density at radius 1 is 0.971 bits per heavy atom. The number of hydrogen-bond donors (Lipinski definition) is 1. The second-order valence-electron chi connectivity index (χ2n) is 8.06. The highest BCUT2D eigenvalue weighted by Gasteiger charge is 2.44. The van der Waals surface area contributed by atoms with E-state index in [2.05, 4.69) is 20.3 Å². The maximum Gasteiger partial charge on any atom is 0.412 e. The molecule has 3 aliphatic heterocycles. The third kappa shape index (κ3) is 4.41. The van der Waals surface area contributed by atoms with Gasteiger partial charge in [0.15, 0.2) is 5.69 Å². The van der Waals surface area contributed by atoms with Crippen LogP contribution in [0.3, 0.4) is 0 Å². The number of nitrogens with zero attached hydrogens (tertiary/aromatic N) is 7. The van der Waals surface area contributed by atoms with E-state index in [1.54, 1.807) is 11.0 Å². The number of halogens is 1. The molecule has 1 N–H and O–H groups in total. The van der Waals surface area contributed by atoms with Gasteiger partial charge in [0, 0.05) is 57.9 Å². The largest absolute Gasteiger partial charge is 0.419 e. The van der Waals surface area contributed by atoms with Crippen molar-refractivity contribution in [1.82, 2.24) is 35.0 Å². The van der Waals surface area contributed by atoms with E-state index in [1.165, 1.54) is 39.4 Å². The molecule has 0 aromatic carbocycles. The Morgan fingerprint density at radius 2 is 1.71 bits per heavy atom. The van der Waals surface area contributed by atoms with Crippen molar-refractivity contribution in [3.63, 3.8) is 0 Å². The third-order valence-corrected chi connectivity index (χ3v) is 6.13. The van der Waals surface area contributed by atoms with Gasteiger partial charge in [0.05, 0.1) is 5.02 Å². The summed E-state index contributed by atoms with van der Waals surface area (Å²) in [4.78, 5) is 68.6. The topological polar surface area (TPSA) is 141 Å². The summed E-state index contributed by atoms with van der Waals surface area (Å²) < 4.78 is 5.72. The number of fused-ring (bicyclic) bond motifs is 1. The minimum atomic E-state index is -1.15. The van der Waals surface area contributed by atoms with Gasteiger partial charge in [-0.15, -0.1) is 0 Å². The number of carbonyl (C=O) groups excluding carboxylic acids is 4. The molecule has 5 heterocycles. The van der Waals surface area contributed by atoms with Crippen LogP contribution in [0.5, 0.6) is 0 Å². The van der Waals surface area contributed by atoms with Crippen LogP contribution in [0.25, 0.3) is 0 Å². The summed E-state index contributed by atoms with van der Waals surface area (Å²) in [6.45, 7) is 1.92. The van der Waals surface area contributed by atoms with Gasteiger partial charge in [-0.3, -0.25) is 14.6 Å². The number of rotatable bonds is 2. The molecule has 2 saturated heterocycles. The minimum absolute atomic E-state index is 0.0197. The van der Waals surface area contributed by atoms with Crippen LogP contribution >= 0.6 is 11.6 Å². The highest BCUT2D eigenvalue weighted by Crippen LogP contribution is 2.35. The van der Waals surface area contributed by atoms with Crippen molar-refractivity contribution in [2.24, 2.45) is 0 Å². The van der Waals surface area contributed by atoms with Crippen molar-refractivity contribution in [3.8, 4) is 0 Å². The second kappa shape index (κ2) is 9.33. The fraction of sp³-hybridized carbons (Fsp3) is 0.381. The SMILES string of the molecule is O=C1CN(C(=O)N2CCN(C(=O)O[C@@H]3c4nccnc4C(=O)N3c3ccc(Cl)cn3)CC2)CCN1. The molecule has 2 aromatic heterocycles. The van der Waals surface area contributed by atoms with Crippen LogP contribution in [0.15, 0.2) is 30.7 Å². The lowest BCUT2D eigenvalue weighted by Crippen LogP contribution is -2.58. The Bertz CT molecular complexity index is 1170. The van der Waals surface area contributed by atoms with Crippen LogP contribution in [0.2, 0.25) is 5.02 Å². The molecule has 2 fully saturated rings. The molecule has 0 spiro atoms.